The zero-order chi connectivity index (χ0) is 20.3. The summed E-state index contributed by atoms with van der Waals surface area (Å²) in [6, 6.07) is 0. The molecule has 0 amide bonds. The molecule has 0 aliphatic carbocycles. The first kappa shape index (κ1) is 32.3. The van der Waals surface area contributed by atoms with E-state index in [4.69, 9.17) is 24.0 Å². The van der Waals surface area contributed by atoms with Crippen molar-refractivity contribution < 1.29 is 58.3 Å². The first-order valence-corrected chi connectivity index (χ1v) is 11.6. The van der Waals surface area contributed by atoms with Crippen LogP contribution in [0, 0.1) is 12.8 Å². The van der Waals surface area contributed by atoms with Crippen LogP contribution in [0.15, 0.2) is 0 Å². The maximum Gasteiger partial charge on any atom is 1.00 e. The maximum atomic E-state index is 11.8. The first-order chi connectivity index (χ1) is 12.3. The van der Waals surface area contributed by atoms with Gasteiger partial charge in [0.1, 0.15) is 0 Å². The molecule has 0 fully saturated rings. The van der Waals surface area contributed by atoms with Crippen molar-refractivity contribution in [1.82, 2.24) is 0 Å². The minimum atomic E-state index is -4.64. The summed E-state index contributed by atoms with van der Waals surface area (Å²) >= 11 is 0. The number of hydrogen-bond donors (Lipinski definition) is 3. The monoisotopic (exact) mass is 418 g/mol. The summed E-state index contributed by atoms with van der Waals surface area (Å²) in [5.41, 5.74) is 0. The minimum absolute atomic E-state index is 0. The molecule has 0 bridgehead atoms. The van der Waals surface area contributed by atoms with Crippen LogP contribution >= 0.6 is 7.82 Å². The van der Waals surface area contributed by atoms with E-state index in [2.05, 4.69) is 20.8 Å². The fourth-order valence-electron chi connectivity index (χ4n) is 2.83. The number of carbonyl (C=O) groups is 1. The van der Waals surface area contributed by atoms with Gasteiger partial charge in [-0.25, -0.2) is 4.57 Å². The molecular weight excluding hydrogens is 378 g/mol. The number of phosphoric acid groups is 1. The summed E-state index contributed by atoms with van der Waals surface area (Å²) in [6.45, 7) is 8.23. The van der Waals surface area contributed by atoms with Crippen LogP contribution in [0.25, 0.3) is 0 Å². The summed E-state index contributed by atoms with van der Waals surface area (Å²) in [6.07, 6.45) is 16.4. The fourth-order valence-corrected chi connectivity index (χ4v) is 2.83. The quantitative estimate of drug-likeness (QED) is 0.124. The zero-order valence-corrected chi connectivity index (χ0v) is 20.6. The van der Waals surface area contributed by atoms with E-state index in [1.165, 1.54) is 57.8 Å². The van der Waals surface area contributed by atoms with E-state index < -0.39 is 7.82 Å². The van der Waals surface area contributed by atoms with Crippen LogP contribution in [-0.4, -0.2) is 27.3 Å². The van der Waals surface area contributed by atoms with Gasteiger partial charge >= 0.3 is 43.3 Å². The van der Waals surface area contributed by atoms with Gasteiger partial charge in [0.25, 0.3) is 0 Å². The van der Waals surface area contributed by atoms with Crippen LogP contribution in [-0.2, 0) is 14.1 Å². The van der Waals surface area contributed by atoms with Gasteiger partial charge in [-0.15, -0.1) is 0 Å². The van der Waals surface area contributed by atoms with Gasteiger partial charge in [-0.2, -0.15) is 0 Å². The van der Waals surface area contributed by atoms with Gasteiger partial charge in [0.05, 0.1) is 5.92 Å². The SMILES string of the molecule is O=P(O)(O)O.[CH2-]COC(=O)C(CCC)CCCCCCCCCCCC.[Na+]. The zero-order valence-electron chi connectivity index (χ0n) is 17.7. The Balaban J connectivity index is -0.000000844. The molecule has 1 unspecified atom stereocenters. The normalized spacial score (nSPS) is 11.8. The van der Waals surface area contributed by atoms with Crippen molar-refractivity contribution >= 4 is 13.8 Å². The van der Waals surface area contributed by atoms with Crippen molar-refractivity contribution in [2.24, 2.45) is 5.92 Å². The Morgan fingerprint density at radius 3 is 1.63 bits per heavy atom. The third kappa shape index (κ3) is 31.5. The Labute approximate surface area is 188 Å². The van der Waals surface area contributed by atoms with Crippen molar-refractivity contribution in [2.45, 2.75) is 97.3 Å². The second kappa shape index (κ2) is 22.9. The molecular formula is C19H40NaO6P. The number of hydrogen-bond acceptors (Lipinski definition) is 3. The molecule has 0 aromatic rings. The summed E-state index contributed by atoms with van der Waals surface area (Å²) in [4.78, 5) is 33.3. The average molecular weight is 418 g/mol. The third-order valence-corrected chi connectivity index (χ3v) is 4.12. The Morgan fingerprint density at radius 1 is 0.852 bits per heavy atom. The van der Waals surface area contributed by atoms with E-state index in [-0.39, 0.29) is 48.1 Å². The second-order valence-corrected chi connectivity index (χ2v) is 7.66. The predicted molar refractivity (Wildman–Crippen MR) is 105 cm³/mol. The van der Waals surface area contributed by atoms with E-state index in [0.717, 1.165) is 25.7 Å². The molecule has 27 heavy (non-hydrogen) atoms. The Hall–Kier alpha value is 0.580. The topological polar surface area (TPSA) is 104 Å². The summed E-state index contributed by atoms with van der Waals surface area (Å²) in [5.74, 6) is 0.0635. The van der Waals surface area contributed by atoms with Gasteiger partial charge in [-0.05, 0) is 19.4 Å². The van der Waals surface area contributed by atoms with E-state index >= 15 is 0 Å². The van der Waals surface area contributed by atoms with Gasteiger partial charge in [-0.1, -0.05) is 84.5 Å². The Bertz CT molecular complexity index is 354. The van der Waals surface area contributed by atoms with Gasteiger partial charge in [0, 0.05) is 0 Å². The smallest absolute Gasteiger partial charge is 0.499 e. The summed E-state index contributed by atoms with van der Waals surface area (Å²) in [7, 11) is -4.64. The maximum absolute atomic E-state index is 11.8. The molecule has 0 aromatic carbocycles. The third-order valence-electron chi connectivity index (χ3n) is 4.12. The Kier molecular flexibility index (Phi) is 27.3. The molecule has 8 heteroatoms. The molecule has 0 spiro atoms. The minimum Gasteiger partial charge on any atom is -0.499 e. The van der Waals surface area contributed by atoms with E-state index in [9.17, 15) is 4.79 Å². The molecule has 0 saturated carbocycles. The molecule has 3 N–H and O–H groups in total. The van der Waals surface area contributed by atoms with Crippen LogP contribution in [0.4, 0.5) is 0 Å². The molecule has 0 rings (SSSR count). The molecule has 158 valence electrons. The Morgan fingerprint density at radius 2 is 1.26 bits per heavy atom. The second-order valence-electron chi connectivity index (χ2n) is 6.64. The molecule has 0 radical (unpaired) electrons. The molecule has 0 aliphatic heterocycles. The molecule has 1 atom stereocenters. The van der Waals surface area contributed by atoms with Gasteiger partial charge in [-0.3, -0.25) is 4.79 Å². The molecule has 6 nitrogen and oxygen atoms in total. The van der Waals surface area contributed by atoms with Gasteiger partial charge < -0.3 is 26.3 Å². The van der Waals surface area contributed by atoms with Crippen LogP contribution in [0.3, 0.4) is 0 Å². The fraction of sp³-hybridized carbons (Fsp3) is 0.895. The van der Waals surface area contributed by atoms with Gasteiger partial charge in [0.2, 0.25) is 0 Å². The van der Waals surface area contributed by atoms with Crippen LogP contribution in [0.1, 0.15) is 97.3 Å². The first-order valence-electron chi connectivity index (χ1n) is 10.00. The van der Waals surface area contributed by atoms with Crippen molar-refractivity contribution in [2.75, 3.05) is 6.61 Å². The van der Waals surface area contributed by atoms with Crippen molar-refractivity contribution in [3.05, 3.63) is 6.92 Å². The number of carbonyl (C=O) groups excluding carboxylic acids is 1. The predicted octanol–water partition coefficient (Wildman–Crippen LogP) is 2.17. The van der Waals surface area contributed by atoms with E-state index in [1.54, 1.807) is 0 Å². The molecule has 0 saturated heterocycles. The summed E-state index contributed by atoms with van der Waals surface area (Å²) in [5, 5.41) is 0. The standard InChI is InChI=1S/C19H37O2.Na.H3O4P/c1-4-7-8-9-10-11-12-13-14-15-17-18(16-5-2)19(20)21-6-3;;1-5(2,3)4/h18H,3-17H2,1-2H3;;(H3,1,2,3,4)/q-1;+1;. The van der Waals surface area contributed by atoms with E-state index in [0.29, 0.717) is 0 Å². The largest absolute Gasteiger partial charge is 1.00 e. The number of ether oxygens (including phenoxy) is 1. The molecule has 0 aromatic heterocycles. The number of esters is 1. The van der Waals surface area contributed by atoms with Crippen molar-refractivity contribution in [1.29, 1.82) is 0 Å². The van der Waals surface area contributed by atoms with Crippen LogP contribution < -0.4 is 29.6 Å². The van der Waals surface area contributed by atoms with Gasteiger partial charge in [0.15, 0.2) is 0 Å². The number of rotatable bonds is 15. The summed E-state index contributed by atoms with van der Waals surface area (Å²) < 4.78 is 13.9. The van der Waals surface area contributed by atoms with Crippen molar-refractivity contribution in [3.63, 3.8) is 0 Å². The average Bonchev–Trinajstić information content (AvgIpc) is 2.54. The van der Waals surface area contributed by atoms with Crippen molar-refractivity contribution in [3.8, 4) is 0 Å². The number of unbranched alkanes of at least 4 members (excludes halogenated alkanes) is 9. The molecule has 0 aliphatic rings. The van der Waals surface area contributed by atoms with Crippen LogP contribution in [0.2, 0.25) is 0 Å². The van der Waals surface area contributed by atoms with Crippen LogP contribution in [0.5, 0.6) is 0 Å². The molecule has 0 heterocycles. The van der Waals surface area contributed by atoms with E-state index in [1.807, 2.05) is 0 Å².